The first-order chi connectivity index (χ1) is 5.94. The fraction of sp³-hybridized carbons (Fsp3) is 1.00. The van der Waals surface area contributed by atoms with Gasteiger partial charge in [-0.15, -0.1) is 0 Å². The van der Waals surface area contributed by atoms with Crippen LogP contribution in [0.4, 0.5) is 0 Å². The van der Waals surface area contributed by atoms with Gasteiger partial charge in [-0.25, -0.2) is 0 Å². The van der Waals surface area contributed by atoms with Crippen molar-refractivity contribution in [1.82, 2.24) is 4.90 Å². The summed E-state index contributed by atoms with van der Waals surface area (Å²) in [6, 6.07) is 0. The molecule has 0 aliphatic heterocycles. The maximum atomic E-state index is 2.39. The molecule has 0 unspecified atom stereocenters. The van der Waals surface area contributed by atoms with Gasteiger partial charge in [-0.05, 0) is 52.6 Å². The Labute approximate surface area is 83.5 Å². The second kappa shape index (κ2) is 4.00. The van der Waals surface area contributed by atoms with E-state index in [9.17, 15) is 0 Å². The molecule has 0 aromatic heterocycles. The number of rotatable bonds is 2. The third kappa shape index (κ3) is 2.46. The highest BCUT2D eigenvalue weighted by Gasteiger charge is 2.33. The normalized spacial score (nSPS) is 30.9. The van der Waals surface area contributed by atoms with Gasteiger partial charge in [-0.3, -0.25) is 0 Å². The molecule has 1 nitrogen and oxygen atoms in total. The van der Waals surface area contributed by atoms with Gasteiger partial charge in [0.2, 0.25) is 0 Å². The van der Waals surface area contributed by atoms with Crippen molar-refractivity contribution in [2.45, 2.75) is 52.0 Å². The van der Waals surface area contributed by atoms with Crippen LogP contribution in [0.2, 0.25) is 0 Å². The van der Waals surface area contributed by atoms with E-state index in [0.717, 1.165) is 11.8 Å². The van der Waals surface area contributed by atoms with Gasteiger partial charge in [-0.2, -0.15) is 0 Å². The third-order valence-electron chi connectivity index (χ3n) is 4.17. The third-order valence-corrected chi connectivity index (χ3v) is 4.17. The molecule has 0 spiro atoms. The summed E-state index contributed by atoms with van der Waals surface area (Å²) in [5.74, 6) is 1.87. The lowest BCUT2D eigenvalue weighted by atomic mass is 9.73. The maximum Gasteiger partial charge on any atom is 0.0175 e. The second-order valence-electron chi connectivity index (χ2n) is 5.50. The molecule has 0 aromatic carbocycles. The molecular weight excluding hydrogens is 158 g/mol. The minimum absolute atomic E-state index is 0.389. The van der Waals surface area contributed by atoms with Crippen molar-refractivity contribution < 1.29 is 0 Å². The smallest absolute Gasteiger partial charge is 0.0175 e. The van der Waals surface area contributed by atoms with E-state index in [1.807, 2.05) is 0 Å². The zero-order valence-corrected chi connectivity index (χ0v) is 9.93. The molecule has 1 rings (SSSR count). The highest BCUT2D eigenvalue weighted by molar-refractivity contribution is 4.88. The average molecular weight is 183 g/mol. The topological polar surface area (TPSA) is 3.24 Å². The van der Waals surface area contributed by atoms with Crippen LogP contribution in [0.5, 0.6) is 0 Å². The van der Waals surface area contributed by atoms with E-state index in [1.54, 1.807) is 0 Å². The minimum Gasteiger partial charge on any atom is -0.304 e. The van der Waals surface area contributed by atoms with Crippen LogP contribution in [0.1, 0.15) is 46.5 Å². The number of hydrogen-bond acceptors (Lipinski definition) is 1. The van der Waals surface area contributed by atoms with Crippen molar-refractivity contribution in [2.24, 2.45) is 11.8 Å². The summed E-state index contributed by atoms with van der Waals surface area (Å²) in [5, 5.41) is 0. The molecule has 0 N–H and O–H groups in total. The molecule has 0 amide bonds. The first-order valence-corrected chi connectivity index (χ1v) is 5.62. The maximum absolute atomic E-state index is 2.39. The Kier molecular flexibility index (Phi) is 3.39. The molecule has 0 heterocycles. The van der Waals surface area contributed by atoms with Crippen LogP contribution in [0.15, 0.2) is 0 Å². The fourth-order valence-corrected chi connectivity index (χ4v) is 2.33. The van der Waals surface area contributed by atoms with Crippen LogP contribution < -0.4 is 0 Å². The number of nitrogens with zero attached hydrogens (tertiary/aromatic N) is 1. The summed E-state index contributed by atoms with van der Waals surface area (Å²) in [7, 11) is 4.41. The van der Waals surface area contributed by atoms with Crippen molar-refractivity contribution in [3.05, 3.63) is 0 Å². The SMILES string of the molecule is CC1CCC(C(C)(C)N(C)C)CC1. The molecular formula is C12H25N. The van der Waals surface area contributed by atoms with Gasteiger partial charge in [-0.1, -0.05) is 19.8 Å². The van der Waals surface area contributed by atoms with Crippen LogP contribution in [0.3, 0.4) is 0 Å². The Morgan fingerprint density at radius 2 is 1.46 bits per heavy atom. The molecule has 1 aliphatic carbocycles. The summed E-state index contributed by atoms with van der Waals surface area (Å²) < 4.78 is 0. The lowest BCUT2D eigenvalue weighted by Crippen LogP contribution is -2.46. The van der Waals surface area contributed by atoms with Crippen molar-refractivity contribution >= 4 is 0 Å². The van der Waals surface area contributed by atoms with Crippen molar-refractivity contribution in [1.29, 1.82) is 0 Å². The van der Waals surface area contributed by atoms with Crippen molar-refractivity contribution in [3.8, 4) is 0 Å². The van der Waals surface area contributed by atoms with Gasteiger partial charge >= 0.3 is 0 Å². The molecule has 0 radical (unpaired) electrons. The molecule has 0 bridgehead atoms. The predicted octanol–water partition coefficient (Wildman–Crippen LogP) is 3.15. The van der Waals surface area contributed by atoms with Gasteiger partial charge in [0.1, 0.15) is 0 Å². The summed E-state index contributed by atoms with van der Waals surface area (Å²) in [5.41, 5.74) is 0.389. The Morgan fingerprint density at radius 3 is 1.85 bits per heavy atom. The average Bonchev–Trinajstić information content (AvgIpc) is 2.04. The van der Waals surface area contributed by atoms with Crippen molar-refractivity contribution in [3.63, 3.8) is 0 Å². The minimum atomic E-state index is 0.389. The standard InChI is InChI=1S/C12H25N/c1-10-6-8-11(9-7-10)12(2,3)13(4)5/h10-11H,6-9H2,1-5H3. The monoisotopic (exact) mass is 183 g/mol. The molecule has 1 saturated carbocycles. The first kappa shape index (κ1) is 11.0. The lowest BCUT2D eigenvalue weighted by Gasteiger charge is -2.43. The Morgan fingerprint density at radius 1 is 1.00 bits per heavy atom. The van der Waals surface area contributed by atoms with Crippen LogP contribution in [0.25, 0.3) is 0 Å². The van der Waals surface area contributed by atoms with Gasteiger partial charge < -0.3 is 4.90 Å². The van der Waals surface area contributed by atoms with Gasteiger partial charge in [0.15, 0.2) is 0 Å². The first-order valence-electron chi connectivity index (χ1n) is 5.62. The summed E-state index contributed by atoms with van der Waals surface area (Å²) in [6.45, 7) is 7.15. The van der Waals surface area contributed by atoms with E-state index in [2.05, 4.69) is 39.8 Å². The second-order valence-corrected chi connectivity index (χ2v) is 5.50. The molecule has 1 heteroatoms. The van der Waals surface area contributed by atoms with E-state index in [-0.39, 0.29) is 0 Å². The van der Waals surface area contributed by atoms with Crippen LogP contribution >= 0.6 is 0 Å². The van der Waals surface area contributed by atoms with Gasteiger partial charge in [0.05, 0.1) is 0 Å². The molecule has 0 atom stereocenters. The summed E-state index contributed by atoms with van der Waals surface area (Å²) in [6.07, 6.45) is 5.71. The largest absolute Gasteiger partial charge is 0.304 e. The Bertz CT molecular complexity index is 153. The van der Waals surface area contributed by atoms with E-state index in [1.165, 1.54) is 25.7 Å². The van der Waals surface area contributed by atoms with E-state index >= 15 is 0 Å². The highest BCUT2D eigenvalue weighted by Crippen LogP contribution is 2.37. The predicted molar refractivity (Wildman–Crippen MR) is 58.9 cm³/mol. The summed E-state index contributed by atoms with van der Waals surface area (Å²) >= 11 is 0. The van der Waals surface area contributed by atoms with Gasteiger partial charge in [0.25, 0.3) is 0 Å². The van der Waals surface area contributed by atoms with Crippen molar-refractivity contribution in [2.75, 3.05) is 14.1 Å². The molecule has 1 aliphatic rings. The molecule has 0 saturated heterocycles. The molecule has 1 fully saturated rings. The molecule has 13 heavy (non-hydrogen) atoms. The Balaban J connectivity index is 2.52. The van der Waals surface area contributed by atoms with Gasteiger partial charge in [0, 0.05) is 5.54 Å². The zero-order valence-electron chi connectivity index (χ0n) is 9.93. The van der Waals surface area contributed by atoms with Crippen LogP contribution in [-0.2, 0) is 0 Å². The van der Waals surface area contributed by atoms with E-state index in [4.69, 9.17) is 0 Å². The zero-order chi connectivity index (χ0) is 10.1. The molecule has 0 aromatic rings. The molecule has 78 valence electrons. The quantitative estimate of drug-likeness (QED) is 0.635. The highest BCUT2D eigenvalue weighted by atomic mass is 15.1. The lowest BCUT2D eigenvalue weighted by molar-refractivity contribution is 0.0787. The van der Waals surface area contributed by atoms with E-state index < -0.39 is 0 Å². The van der Waals surface area contributed by atoms with Crippen LogP contribution in [0, 0.1) is 11.8 Å². The number of hydrogen-bond donors (Lipinski definition) is 0. The summed E-state index contributed by atoms with van der Waals surface area (Å²) in [4.78, 5) is 2.38. The Hall–Kier alpha value is -0.0400. The van der Waals surface area contributed by atoms with E-state index in [0.29, 0.717) is 5.54 Å². The van der Waals surface area contributed by atoms with Crippen LogP contribution in [-0.4, -0.2) is 24.5 Å². The fourth-order valence-electron chi connectivity index (χ4n) is 2.33.